The highest BCUT2D eigenvalue weighted by Crippen LogP contribution is 2.34. The van der Waals surface area contributed by atoms with Crippen LogP contribution in [-0.4, -0.2) is 24.1 Å². The van der Waals surface area contributed by atoms with Gasteiger partial charge in [0.1, 0.15) is 23.7 Å². The van der Waals surface area contributed by atoms with Crippen LogP contribution in [-0.2, 0) is 25.9 Å². The number of thiophene rings is 1. The maximum absolute atomic E-state index is 12.6. The minimum absolute atomic E-state index is 0.0188. The number of rotatable bonds is 5. The number of aryl methyl sites for hydroxylation is 3. The first kappa shape index (κ1) is 17.2. The topological polar surface area (TPSA) is 59.4 Å². The van der Waals surface area contributed by atoms with Crippen molar-refractivity contribution in [3.63, 3.8) is 0 Å². The lowest BCUT2D eigenvalue weighted by atomic mass is 10.1. The molecule has 6 heteroatoms. The second kappa shape index (κ2) is 6.85. The van der Waals surface area contributed by atoms with Crippen LogP contribution in [0.4, 0.5) is 0 Å². The Labute approximate surface area is 156 Å². The molecule has 26 heavy (non-hydrogen) atoms. The molecule has 0 aliphatic heterocycles. The molecule has 1 aromatic carbocycles. The molecule has 2 N–H and O–H groups in total. The van der Waals surface area contributed by atoms with Crippen molar-refractivity contribution in [3.05, 3.63) is 55.9 Å². The van der Waals surface area contributed by atoms with Crippen molar-refractivity contribution in [3.8, 4) is 5.75 Å². The van der Waals surface area contributed by atoms with E-state index in [0.29, 0.717) is 6.54 Å². The molecule has 0 amide bonds. The largest absolute Gasteiger partial charge is 0.496 e. The van der Waals surface area contributed by atoms with E-state index in [4.69, 9.17) is 9.72 Å². The summed E-state index contributed by atoms with van der Waals surface area (Å²) in [7, 11) is 3.81. The van der Waals surface area contributed by atoms with E-state index in [1.165, 1.54) is 26.5 Å². The summed E-state index contributed by atoms with van der Waals surface area (Å²) in [4.78, 5) is 23.8. The molecule has 4 rings (SSSR count). The first-order chi connectivity index (χ1) is 12.5. The van der Waals surface area contributed by atoms with Crippen molar-refractivity contribution in [1.29, 1.82) is 0 Å². The third-order valence-electron chi connectivity index (χ3n) is 5.02. The number of H-pyrrole nitrogens is 1. The van der Waals surface area contributed by atoms with Crippen LogP contribution in [0.3, 0.4) is 0 Å². The molecular formula is C20H24N3O2S+. The Morgan fingerprint density at radius 3 is 2.96 bits per heavy atom. The van der Waals surface area contributed by atoms with Crippen molar-refractivity contribution < 1.29 is 9.64 Å². The van der Waals surface area contributed by atoms with Crippen LogP contribution in [0.5, 0.6) is 5.75 Å². The number of fused-ring (bicyclic) bond motifs is 3. The first-order valence-corrected chi connectivity index (χ1v) is 9.85. The predicted molar refractivity (Wildman–Crippen MR) is 104 cm³/mol. The third kappa shape index (κ3) is 3.15. The minimum atomic E-state index is 0.0188. The van der Waals surface area contributed by atoms with Crippen molar-refractivity contribution in [1.82, 2.24) is 9.97 Å². The van der Waals surface area contributed by atoms with Crippen molar-refractivity contribution in [2.75, 3.05) is 14.2 Å². The summed E-state index contributed by atoms with van der Waals surface area (Å²) in [5.41, 5.74) is 3.64. The number of aromatic nitrogens is 2. The molecule has 5 nitrogen and oxygen atoms in total. The van der Waals surface area contributed by atoms with Gasteiger partial charge in [-0.05, 0) is 43.9 Å². The molecule has 1 aliphatic rings. The second-order valence-electron chi connectivity index (χ2n) is 7.18. The Bertz CT molecular complexity index is 1020. The fourth-order valence-corrected chi connectivity index (χ4v) is 5.13. The Morgan fingerprint density at radius 2 is 2.15 bits per heavy atom. The number of nitrogens with one attached hydrogen (secondary N) is 2. The van der Waals surface area contributed by atoms with Crippen LogP contribution in [0.25, 0.3) is 10.2 Å². The zero-order valence-electron chi connectivity index (χ0n) is 15.4. The number of methoxy groups -OCH3 is 1. The van der Waals surface area contributed by atoms with Gasteiger partial charge in [-0.2, -0.15) is 0 Å². The Hall–Kier alpha value is -2.18. The number of ether oxygens (including phenoxy) is 1. The molecule has 0 saturated heterocycles. The van der Waals surface area contributed by atoms with Crippen LogP contribution in [0.2, 0.25) is 0 Å². The van der Waals surface area contributed by atoms with Gasteiger partial charge < -0.3 is 14.6 Å². The fraction of sp³-hybridized carbons (Fsp3) is 0.400. The van der Waals surface area contributed by atoms with Gasteiger partial charge in [0.25, 0.3) is 5.56 Å². The van der Waals surface area contributed by atoms with Crippen LogP contribution < -0.4 is 15.2 Å². The summed E-state index contributed by atoms with van der Waals surface area (Å²) >= 11 is 1.69. The van der Waals surface area contributed by atoms with E-state index in [-0.39, 0.29) is 5.56 Å². The number of nitrogens with zero attached hydrogens (tertiary/aromatic N) is 1. The van der Waals surface area contributed by atoms with Gasteiger partial charge in [0, 0.05) is 10.4 Å². The van der Waals surface area contributed by atoms with Crippen LogP contribution in [0.1, 0.15) is 33.8 Å². The number of aromatic amines is 1. The van der Waals surface area contributed by atoms with Gasteiger partial charge in [0.15, 0.2) is 5.82 Å². The molecule has 1 aliphatic carbocycles. The Balaban J connectivity index is 1.57. The lowest BCUT2D eigenvalue weighted by Crippen LogP contribution is -3.06. The normalized spacial score (nSPS) is 14.6. The standard InChI is InChI=1S/C20H23N3O2S/c1-12-7-8-15(25-3)13(9-12)10-23(2)11-17-21-19(24)18-14-5-4-6-16(14)26-20(18)22-17/h7-9H,4-6,10-11H2,1-3H3,(H,21,22,24)/p+1. The quantitative estimate of drug-likeness (QED) is 0.722. The average Bonchev–Trinajstić information content (AvgIpc) is 3.15. The third-order valence-corrected chi connectivity index (χ3v) is 6.21. The molecule has 0 fully saturated rings. The number of benzene rings is 1. The summed E-state index contributed by atoms with van der Waals surface area (Å²) in [6.07, 6.45) is 3.25. The molecule has 136 valence electrons. The zero-order chi connectivity index (χ0) is 18.3. The molecule has 0 bridgehead atoms. The maximum atomic E-state index is 12.6. The first-order valence-electron chi connectivity index (χ1n) is 9.03. The van der Waals surface area contributed by atoms with Crippen molar-refractivity contribution >= 4 is 21.6 Å². The summed E-state index contributed by atoms with van der Waals surface area (Å²) < 4.78 is 5.48. The molecule has 0 radical (unpaired) electrons. The summed E-state index contributed by atoms with van der Waals surface area (Å²) in [6.45, 7) is 3.57. The van der Waals surface area contributed by atoms with E-state index >= 15 is 0 Å². The average molecular weight is 370 g/mol. The molecular weight excluding hydrogens is 346 g/mol. The number of quaternary nitrogens is 1. The number of hydrogen-bond acceptors (Lipinski definition) is 4. The van der Waals surface area contributed by atoms with E-state index in [9.17, 15) is 4.79 Å². The van der Waals surface area contributed by atoms with E-state index in [2.05, 4.69) is 31.1 Å². The van der Waals surface area contributed by atoms with Crippen molar-refractivity contribution in [2.24, 2.45) is 0 Å². The van der Waals surface area contributed by atoms with E-state index < -0.39 is 0 Å². The number of hydrogen-bond donors (Lipinski definition) is 2. The Kier molecular flexibility index (Phi) is 4.54. The highest BCUT2D eigenvalue weighted by Gasteiger charge is 2.21. The van der Waals surface area contributed by atoms with E-state index in [1.54, 1.807) is 18.4 Å². The summed E-state index contributed by atoms with van der Waals surface area (Å²) in [6, 6.07) is 6.23. The van der Waals surface area contributed by atoms with E-state index in [1.807, 2.05) is 6.07 Å². The van der Waals surface area contributed by atoms with Crippen LogP contribution >= 0.6 is 11.3 Å². The van der Waals surface area contributed by atoms with Gasteiger partial charge >= 0.3 is 0 Å². The Morgan fingerprint density at radius 1 is 1.31 bits per heavy atom. The zero-order valence-corrected chi connectivity index (χ0v) is 16.3. The molecule has 0 saturated carbocycles. The van der Waals surface area contributed by atoms with E-state index in [0.717, 1.165) is 47.6 Å². The van der Waals surface area contributed by atoms with Crippen LogP contribution in [0.15, 0.2) is 23.0 Å². The second-order valence-corrected chi connectivity index (χ2v) is 8.26. The molecule has 3 aromatic rings. The van der Waals surface area contributed by atoms with Gasteiger partial charge in [0.05, 0.1) is 19.5 Å². The van der Waals surface area contributed by atoms with Crippen LogP contribution in [0, 0.1) is 6.92 Å². The monoisotopic (exact) mass is 370 g/mol. The van der Waals surface area contributed by atoms with Crippen molar-refractivity contribution in [2.45, 2.75) is 39.3 Å². The lowest BCUT2D eigenvalue weighted by molar-refractivity contribution is -0.908. The fourth-order valence-electron chi connectivity index (χ4n) is 3.85. The van der Waals surface area contributed by atoms with Gasteiger partial charge in [0.2, 0.25) is 0 Å². The molecule has 1 unspecified atom stereocenters. The van der Waals surface area contributed by atoms with Gasteiger partial charge in [-0.25, -0.2) is 4.98 Å². The molecule has 1 atom stereocenters. The summed E-state index contributed by atoms with van der Waals surface area (Å²) in [5.74, 6) is 1.66. The molecule has 0 spiro atoms. The smallest absolute Gasteiger partial charge is 0.260 e. The van der Waals surface area contributed by atoms with Gasteiger partial charge in [-0.15, -0.1) is 11.3 Å². The summed E-state index contributed by atoms with van der Waals surface area (Å²) in [5, 5.41) is 0.823. The molecule has 2 heterocycles. The SMILES string of the molecule is COc1ccc(C)cc1C[NH+](C)Cc1nc2sc3c(c2c(=O)[nH]1)CCC3. The minimum Gasteiger partial charge on any atom is -0.496 e. The van der Waals surface area contributed by atoms with Gasteiger partial charge in [-0.3, -0.25) is 4.79 Å². The van der Waals surface area contributed by atoms with Gasteiger partial charge in [-0.1, -0.05) is 11.6 Å². The lowest BCUT2D eigenvalue weighted by Gasteiger charge is -2.16. The predicted octanol–water partition coefficient (Wildman–Crippen LogP) is 2.01. The molecule has 2 aromatic heterocycles. The maximum Gasteiger partial charge on any atom is 0.260 e. The highest BCUT2D eigenvalue weighted by molar-refractivity contribution is 7.18. The highest BCUT2D eigenvalue weighted by atomic mass is 32.1.